The van der Waals surface area contributed by atoms with Crippen LogP contribution in [0, 0.1) is 11.8 Å². The first-order chi connectivity index (χ1) is 14.2. The average molecular weight is 393 g/mol. The van der Waals surface area contributed by atoms with Gasteiger partial charge in [-0.15, -0.1) is 0 Å². The minimum atomic E-state index is -0.311. The monoisotopic (exact) mass is 392 g/mol. The SMILES string of the molecule is CCCCC(C(=O)OCCC)[C@@H](/C=C/c1ccccc1)CC(=O)c1ccccc1. The van der Waals surface area contributed by atoms with Gasteiger partial charge in [0.2, 0.25) is 0 Å². The third kappa shape index (κ3) is 7.69. The zero-order chi connectivity index (χ0) is 20.9. The van der Waals surface area contributed by atoms with Crippen molar-refractivity contribution < 1.29 is 14.3 Å². The van der Waals surface area contributed by atoms with E-state index < -0.39 is 0 Å². The summed E-state index contributed by atoms with van der Waals surface area (Å²) in [7, 11) is 0. The van der Waals surface area contributed by atoms with Gasteiger partial charge in [-0.3, -0.25) is 9.59 Å². The van der Waals surface area contributed by atoms with Crippen LogP contribution < -0.4 is 0 Å². The number of allylic oxidation sites excluding steroid dienone is 1. The predicted octanol–water partition coefficient (Wildman–Crippen LogP) is 6.35. The molecule has 3 nitrogen and oxygen atoms in total. The molecular weight excluding hydrogens is 360 g/mol. The molecule has 29 heavy (non-hydrogen) atoms. The summed E-state index contributed by atoms with van der Waals surface area (Å²) in [5, 5.41) is 0. The van der Waals surface area contributed by atoms with E-state index in [1.165, 1.54) is 0 Å². The molecule has 0 radical (unpaired) electrons. The Morgan fingerprint density at radius 3 is 2.21 bits per heavy atom. The van der Waals surface area contributed by atoms with Gasteiger partial charge in [0.05, 0.1) is 12.5 Å². The number of ketones is 1. The second-order valence-corrected chi connectivity index (χ2v) is 7.34. The lowest BCUT2D eigenvalue weighted by molar-refractivity contribution is -0.150. The van der Waals surface area contributed by atoms with Crippen LogP contribution in [0.1, 0.15) is 61.9 Å². The number of carbonyl (C=O) groups excluding carboxylic acids is 2. The second-order valence-electron chi connectivity index (χ2n) is 7.34. The van der Waals surface area contributed by atoms with Crippen molar-refractivity contribution in [2.24, 2.45) is 11.8 Å². The summed E-state index contributed by atoms with van der Waals surface area (Å²) in [5.41, 5.74) is 1.74. The molecule has 0 aliphatic carbocycles. The molecule has 0 spiro atoms. The molecule has 0 saturated carbocycles. The Kier molecular flexibility index (Phi) is 9.91. The maximum absolute atomic E-state index is 12.9. The Hall–Kier alpha value is -2.68. The third-order valence-electron chi connectivity index (χ3n) is 4.99. The van der Waals surface area contributed by atoms with E-state index in [-0.39, 0.29) is 23.6 Å². The van der Waals surface area contributed by atoms with E-state index in [0.717, 1.165) is 31.2 Å². The molecule has 0 saturated heterocycles. The fourth-order valence-electron chi connectivity index (χ4n) is 3.34. The van der Waals surface area contributed by atoms with E-state index in [1.807, 2.05) is 79.7 Å². The normalized spacial score (nSPS) is 13.2. The van der Waals surface area contributed by atoms with E-state index >= 15 is 0 Å². The van der Waals surface area contributed by atoms with Gasteiger partial charge in [0.25, 0.3) is 0 Å². The van der Waals surface area contributed by atoms with Gasteiger partial charge in [0, 0.05) is 12.0 Å². The number of esters is 1. The summed E-state index contributed by atoms with van der Waals surface area (Å²) in [5.74, 6) is -0.644. The van der Waals surface area contributed by atoms with E-state index in [2.05, 4.69) is 6.92 Å². The number of rotatable bonds is 12. The van der Waals surface area contributed by atoms with Crippen LogP contribution in [0.15, 0.2) is 66.7 Å². The van der Waals surface area contributed by atoms with Crippen LogP contribution in [0.2, 0.25) is 0 Å². The number of Topliss-reactive ketones (excluding diaryl/α,β-unsaturated/α-hetero) is 1. The number of hydrogen-bond acceptors (Lipinski definition) is 3. The highest BCUT2D eigenvalue weighted by Crippen LogP contribution is 2.27. The van der Waals surface area contributed by atoms with Gasteiger partial charge in [0.1, 0.15) is 0 Å². The van der Waals surface area contributed by atoms with Crippen LogP contribution in [0.5, 0.6) is 0 Å². The van der Waals surface area contributed by atoms with Crippen molar-refractivity contribution in [3.63, 3.8) is 0 Å². The second kappa shape index (κ2) is 12.7. The maximum Gasteiger partial charge on any atom is 0.309 e. The highest BCUT2D eigenvalue weighted by molar-refractivity contribution is 5.96. The smallest absolute Gasteiger partial charge is 0.309 e. The Bertz CT molecular complexity index is 765. The number of carbonyl (C=O) groups is 2. The van der Waals surface area contributed by atoms with Gasteiger partial charge in [-0.05, 0) is 24.3 Å². The molecule has 3 heteroatoms. The topological polar surface area (TPSA) is 43.4 Å². The third-order valence-corrected chi connectivity index (χ3v) is 4.99. The number of benzene rings is 2. The summed E-state index contributed by atoms with van der Waals surface area (Å²) in [6.45, 7) is 4.52. The molecule has 2 aromatic carbocycles. The van der Waals surface area contributed by atoms with Crippen LogP contribution in [0.4, 0.5) is 0 Å². The molecule has 2 atom stereocenters. The van der Waals surface area contributed by atoms with E-state index in [9.17, 15) is 9.59 Å². The van der Waals surface area contributed by atoms with Gasteiger partial charge in [-0.1, -0.05) is 99.5 Å². The summed E-state index contributed by atoms with van der Waals surface area (Å²) in [6.07, 6.45) is 7.77. The molecule has 0 bridgehead atoms. The Morgan fingerprint density at radius 1 is 0.931 bits per heavy atom. The average Bonchev–Trinajstić information content (AvgIpc) is 2.77. The van der Waals surface area contributed by atoms with Crippen molar-refractivity contribution >= 4 is 17.8 Å². The highest BCUT2D eigenvalue weighted by Gasteiger charge is 2.29. The first kappa shape index (κ1) is 22.6. The van der Waals surface area contributed by atoms with Crippen LogP contribution in [0.25, 0.3) is 6.08 Å². The molecule has 0 amide bonds. The van der Waals surface area contributed by atoms with Crippen molar-refractivity contribution in [3.05, 3.63) is 77.9 Å². The van der Waals surface area contributed by atoms with Gasteiger partial charge < -0.3 is 4.74 Å². The van der Waals surface area contributed by atoms with Gasteiger partial charge >= 0.3 is 5.97 Å². The quantitative estimate of drug-likeness (QED) is 0.312. The van der Waals surface area contributed by atoms with Gasteiger partial charge in [-0.2, -0.15) is 0 Å². The van der Waals surface area contributed by atoms with Crippen molar-refractivity contribution in [2.45, 2.75) is 46.0 Å². The molecule has 0 N–H and O–H groups in total. The number of hydrogen-bond donors (Lipinski definition) is 0. The maximum atomic E-state index is 12.9. The standard InChI is InChI=1S/C26H32O3/c1-3-5-16-24(26(28)29-19-4-2)23(18-17-21-12-8-6-9-13-21)20-25(27)22-14-10-7-11-15-22/h6-15,17-18,23-24H,3-5,16,19-20H2,1-2H3/b18-17+/t23-,24?/m0/s1. The molecular formula is C26H32O3. The first-order valence-electron chi connectivity index (χ1n) is 10.6. The first-order valence-corrected chi connectivity index (χ1v) is 10.6. The summed E-state index contributed by atoms with van der Waals surface area (Å²) < 4.78 is 5.49. The highest BCUT2D eigenvalue weighted by atomic mass is 16.5. The van der Waals surface area contributed by atoms with Crippen molar-refractivity contribution in [1.82, 2.24) is 0 Å². The van der Waals surface area contributed by atoms with Gasteiger partial charge in [0.15, 0.2) is 5.78 Å². The lowest BCUT2D eigenvalue weighted by Crippen LogP contribution is -2.27. The molecule has 0 aromatic heterocycles. The van der Waals surface area contributed by atoms with E-state index in [1.54, 1.807) is 0 Å². The Balaban J connectivity index is 2.27. The summed E-state index contributed by atoms with van der Waals surface area (Å²) in [6, 6.07) is 19.3. The van der Waals surface area contributed by atoms with E-state index in [0.29, 0.717) is 18.6 Å². The summed E-state index contributed by atoms with van der Waals surface area (Å²) >= 11 is 0. The molecule has 2 rings (SSSR count). The van der Waals surface area contributed by atoms with Crippen LogP contribution in [-0.2, 0) is 9.53 Å². The fourth-order valence-corrected chi connectivity index (χ4v) is 3.34. The molecule has 1 unspecified atom stereocenters. The molecule has 0 fully saturated rings. The summed E-state index contributed by atoms with van der Waals surface area (Å²) in [4.78, 5) is 25.7. The molecule has 2 aromatic rings. The minimum Gasteiger partial charge on any atom is -0.465 e. The van der Waals surface area contributed by atoms with E-state index in [4.69, 9.17) is 4.74 Å². The van der Waals surface area contributed by atoms with Crippen molar-refractivity contribution in [2.75, 3.05) is 6.61 Å². The Labute approximate surface area is 174 Å². The number of ether oxygens (including phenoxy) is 1. The largest absolute Gasteiger partial charge is 0.465 e. The molecule has 0 heterocycles. The fraction of sp³-hybridized carbons (Fsp3) is 0.385. The number of unbranched alkanes of at least 4 members (excludes halogenated alkanes) is 1. The zero-order valence-electron chi connectivity index (χ0n) is 17.6. The predicted molar refractivity (Wildman–Crippen MR) is 119 cm³/mol. The van der Waals surface area contributed by atoms with Crippen molar-refractivity contribution in [1.29, 1.82) is 0 Å². The minimum absolute atomic E-state index is 0.0538. The lowest BCUT2D eigenvalue weighted by atomic mass is 9.82. The van der Waals surface area contributed by atoms with Crippen LogP contribution >= 0.6 is 0 Å². The zero-order valence-corrected chi connectivity index (χ0v) is 17.6. The van der Waals surface area contributed by atoms with Crippen LogP contribution in [0.3, 0.4) is 0 Å². The molecule has 0 aliphatic heterocycles. The van der Waals surface area contributed by atoms with Crippen LogP contribution in [-0.4, -0.2) is 18.4 Å². The van der Waals surface area contributed by atoms with Crippen molar-refractivity contribution in [3.8, 4) is 0 Å². The molecule has 154 valence electrons. The Morgan fingerprint density at radius 2 is 1.59 bits per heavy atom. The van der Waals surface area contributed by atoms with Gasteiger partial charge in [-0.25, -0.2) is 0 Å². The lowest BCUT2D eigenvalue weighted by Gasteiger charge is -2.23. The molecule has 0 aliphatic rings.